The first-order valence-corrected chi connectivity index (χ1v) is 9.13. The summed E-state index contributed by atoms with van der Waals surface area (Å²) in [5, 5.41) is 6.11. The first-order valence-electron chi connectivity index (χ1n) is 8.76. The lowest BCUT2D eigenvalue weighted by molar-refractivity contribution is -0.118. The van der Waals surface area contributed by atoms with Crippen molar-refractivity contribution >= 4 is 34.0 Å². The van der Waals surface area contributed by atoms with E-state index in [1.807, 2.05) is 32.0 Å². The van der Waals surface area contributed by atoms with Crippen LogP contribution in [-0.2, 0) is 17.6 Å². The number of benzene rings is 3. The molecule has 0 atom stereocenters. The van der Waals surface area contributed by atoms with Crippen molar-refractivity contribution in [1.29, 1.82) is 0 Å². The summed E-state index contributed by atoms with van der Waals surface area (Å²) in [6.07, 6.45) is 2.14. The molecule has 4 rings (SSSR count). The maximum Gasteiger partial charge on any atom is 0.262 e. The zero-order valence-corrected chi connectivity index (χ0v) is 15.6. The van der Waals surface area contributed by atoms with Gasteiger partial charge in [0.2, 0.25) is 0 Å². The summed E-state index contributed by atoms with van der Waals surface area (Å²) in [6.45, 7) is 3.81. The molecule has 0 fully saturated rings. The summed E-state index contributed by atoms with van der Waals surface area (Å²) in [6, 6.07) is 14.1. The van der Waals surface area contributed by atoms with Gasteiger partial charge in [-0.1, -0.05) is 35.9 Å². The van der Waals surface area contributed by atoms with Gasteiger partial charge in [-0.3, -0.25) is 4.79 Å². The number of aryl methyl sites for hydroxylation is 4. The maximum absolute atomic E-state index is 12.4. The molecule has 26 heavy (non-hydrogen) atoms. The minimum absolute atomic E-state index is 0.0382. The number of carbonyl (C=O) groups is 1. The third-order valence-electron chi connectivity index (χ3n) is 4.93. The molecule has 0 radical (unpaired) electrons. The van der Waals surface area contributed by atoms with Gasteiger partial charge in [-0.25, -0.2) is 0 Å². The Morgan fingerprint density at radius 2 is 1.77 bits per heavy atom. The van der Waals surface area contributed by atoms with Crippen molar-refractivity contribution in [1.82, 2.24) is 0 Å². The average Bonchev–Trinajstić information content (AvgIpc) is 3.05. The standard InChI is InChI=1S/C22H20ClNO2/c1-13-10-17(11-14(2)22(13)23)26-12-20(25)24-19-9-8-16-7-6-15-4-3-5-18(19)21(15)16/h3-5,8-11H,6-7,12H2,1-2H3,(H,24,25). The van der Waals surface area contributed by atoms with Gasteiger partial charge in [0, 0.05) is 16.1 Å². The summed E-state index contributed by atoms with van der Waals surface area (Å²) < 4.78 is 5.66. The quantitative estimate of drug-likeness (QED) is 0.687. The number of rotatable bonds is 4. The molecule has 0 aromatic heterocycles. The van der Waals surface area contributed by atoms with Crippen LogP contribution in [0.4, 0.5) is 5.69 Å². The Labute approximate surface area is 157 Å². The number of hydrogen-bond acceptors (Lipinski definition) is 2. The van der Waals surface area contributed by atoms with Crippen molar-refractivity contribution in [3.05, 3.63) is 69.7 Å². The SMILES string of the molecule is Cc1cc(OCC(=O)Nc2ccc3c4c(cccc24)CC3)cc(C)c1Cl. The number of carbonyl (C=O) groups excluding carboxylic acids is 1. The predicted octanol–water partition coefficient (Wildman–Crippen LogP) is 5.23. The number of nitrogens with one attached hydrogen (secondary N) is 1. The molecule has 0 saturated heterocycles. The molecule has 0 unspecified atom stereocenters. The molecule has 1 N–H and O–H groups in total. The minimum Gasteiger partial charge on any atom is -0.484 e. The lowest BCUT2D eigenvalue weighted by Gasteiger charge is -2.12. The Morgan fingerprint density at radius 1 is 1.08 bits per heavy atom. The van der Waals surface area contributed by atoms with Crippen LogP contribution in [0.5, 0.6) is 5.75 Å². The van der Waals surface area contributed by atoms with Gasteiger partial charge in [-0.15, -0.1) is 0 Å². The normalized spacial score (nSPS) is 12.4. The molecule has 0 bridgehead atoms. The number of amides is 1. The molecule has 1 aliphatic carbocycles. The largest absolute Gasteiger partial charge is 0.484 e. The van der Waals surface area contributed by atoms with Crippen molar-refractivity contribution in [3.8, 4) is 5.75 Å². The fraction of sp³-hybridized carbons (Fsp3) is 0.227. The molecule has 0 saturated carbocycles. The smallest absolute Gasteiger partial charge is 0.262 e. The van der Waals surface area contributed by atoms with Crippen molar-refractivity contribution in [2.45, 2.75) is 26.7 Å². The van der Waals surface area contributed by atoms with Crippen LogP contribution < -0.4 is 10.1 Å². The van der Waals surface area contributed by atoms with E-state index in [4.69, 9.17) is 16.3 Å². The molecule has 0 heterocycles. The topological polar surface area (TPSA) is 38.3 Å². The lowest BCUT2D eigenvalue weighted by atomic mass is 10.0. The monoisotopic (exact) mass is 365 g/mol. The van der Waals surface area contributed by atoms with Crippen molar-refractivity contribution in [2.75, 3.05) is 11.9 Å². The third kappa shape index (κ3) is 3.04. The van der Waals surface area contributed by atoms with Crippen molar-refractivity contribution in [3.63, 3.8) is 0 Å². The molecular weight excluding hydrogens is 346 g/mol. The van der Waals surface area contributed by atoms with Crippen LogP contribution in [0.2, 0.25) is 5.02 Å². The van der Waals surface area contributed by atoms with Crippen LogP contribution in [0.1, 0.15) is 22.3 Å². The Kier molecular flexibility index (Phi) is 4.33. The molecular formula is C22H20ClNO2. The second kappa shape index (κ2) is 6.65. The number of hydrogen-bond donors (Lipinski definition) is 1. The first kappa shape index (κ1) is 16.9. The zero-order valence-electron chi connectivity index (χ0n) is 14.9. The fourth-order valence-electron chi connectivity index (χ4n) is 3.68. The molecule has 1 aliphatic rings. The second-order valence-electron chi connectivity index (χ2n) is 6.82. The summed E-state index contributed by atoms with van der Waals surface area (Å²) in [4.78, 5) is 12.4. The van der Waals surface area contributed by atoms with Crippen LogP contribution in [0.3, 0.4) is 0 Å². The van der Waals surface area contributed by atoms with Crippen molar-refractivity contribution < 1.29 is 9.53 Å². The highest BCUT2D eigenvalue weighted by atomic mass is 35.5. The third-order valence-corrected chi connectivity index (χ3v) is 5.53. The van der Waals surface area contributed by atoms with Gasteiger partial charge in [-0.05, 0) is 72.5 Å². The highest BCUT2D eigenvalue weighted by molar-refractivity contribution is 6.32. The zero-order chi connectivity index (χ0) is 18.3. The second-order valence-corrected chi connectivity index (χ2v) is 7.20. The van der Waals surface area contributed by atoms with Crippen LogP contribution in [0.25, 0.3) is 10.8 Å². The summed E-state index contributed by atoms with van der Waals surface area (Å²) in [7, 11) is 0. The van der Waals surface area contributed by atoms with Crippen LogP contribution >= 0.6 is 11.6 Å². The number of anilines is 1. The van der Waals surface area contributed by atoms with Crippen LogP contribution in [0.15, 0.2) is 42.5 Å². The van der Waals surface area contributed by atoms with E-state index in [1.54, 1.807) is 0 Å². The number of halogens is 1. The minimum atomic E-state index is -0.172. The summed E-state index contributed by atoms with van der Waals surface area (Å²) >= 11 is 6.17. The Balaban J connectivity index is 1.50. The number of ether oxygens (including phenoxy) is 1. The molecule has 132 valence electrons. The molecule has 4 heteroatoms. The lowest BCUT2D eigenvalue weighted by Crippen LogP contribution is -2.20. The average molecular weight is 366 g/mol. The molecule has 3 nitrogen and oxygen atoms in total. The molecule has 3 aromatic carbocycles. The van der Waals surface area contributed by atoms with E-state index in [2.05, 4.69) is 29.6 Å². The maximum atomic E-state index is 12.4. The Bertz CT molecular complexity index is 993. The van der Waals surface area contributed by atoms with Gasteiger partial charge in [-0.2, -0.15) is 0 Å². The molecule has 0 aliphatic heterocycles. The van der Waals surface area contributed by atoms with E-state index in [9.17, 15) is 4.79 Å². The van der Waals surface area contributed by atoms with Crippen molar-refractivity contribution in [2.24, 2.45) is 0 Å². The van der Waals surface area contributed by atoms with Gasteiger partial charge in [0.25, 0.3) is 5.91 Å². The molecule has 0 spiro atoms. The van der Waals surface area contributed by atoms with Crippen LogP contribution in [0, 0.1) is 13.8 Å². The van der Waals surface area contributed by atoms with E-state index in [1.165, 1.54) is 16.5 Å². The van der Waals surface area contributed by atoms with E-state index < -0.39 is 0 Å². The van der Waals surface area contributed by atoms with Gasteiger partial charge in [0.1, 0.15) is 5.75 Å². The molecule has 3 aromatic rings. The van der Waals surface area contributed by atoms with E-state index in [-0.39, 0.29) is 12.5 Å². The fourth-order valence-corrected chi connectivity index (χ4v) is 3.79. The van der Waals surface area contributed by atoms with Gasteiger partial charge < -0.3 is 10.1 Å². The van der Waals surface area contributed by atoms with E-state index in [0.29, 0.717) is 5.75 Å². The highest BCUT2D eigenvalue weighted by Gasteiger charge is 2.16. The van der Waals surface area contributed by atoms with E-state index >= 15 is 0 Å². The first-order chi connectivity index (χ1) is 12.5. The Hall–Kier alpha value is -2.52. The predicted molar refractivity (Wildman–Crippen MR) is 106 cm³/mol. The Morgan fingerprint density at radius 3 is 2.50 bits per heavy atom. The van der Waals surface area contributed by atoms with Gasteiger partial charge >= 0.3 is 0 Å². The highest BCUT2D eigenvalue weighted by Crippen LogP contribution is 2.35. The van der Waals surface area contributed by atoms with Gasteiger partial charge in [0.15, 0.2) is 6.61 Å². The van der Waals surface area contributed by atoms with E-state index in [0.717, 1.165) is 40.1 Å². The van der Waals surface area contributed by atoms with Crippen LogP contribution in [-0.4, -0.2) is 12.5 Å². The van der Waals surface area contributed by atoms with Gasteiger partial charge in [0.05, 0.1) is 0 Å². The summed E-state index contributed by atoms with van der Waals surface area (Å²) in [5.74, 6) is 0.480. The molecule has 1 amide bonds. The summed E-state index contributed by atoms with van der Waals surface area (Å²) in [5.41, 5.74) is 5.43.